The highest BCUT2D eigenvalue weighted by Crippen LogP contribution is 2.18. The maximum atomic E-state index is 10.6. The first kappa shape index (κ1) is 17.6. The van der Waals surface area contributed by atoms with Crippen LogP contribution in [0.1, 0.15) is 12.0 Å². The van der Waals surface area contributed by atoms with Gasteiger partial charge in [-0.3, -0.25) is 9.78 Å². The van der Waals surface area contributed by atoms with E-state index < -0.39 is 12.0 Å². The maximum Gasteiger partial charge on any atom is 0.320 e. The molecule has 0 bridgehead atoms. The molecule has 0 radical (unpaired) electrons. The zero-order valence-electron chi connectivity index (χ0n) is 10.2. The Balaban J connectivity index is 0.00000162. The maximum absolute atomic E-state index is 10.6. The Kier molecular flexibility index (Phi) is 7.37. The van der Waals surface area contributed by atoms with Gasteiger partial charge in [0, 0.05) is 11.6 Å². The van der Waals surface area contributed by atoms with Crippen molar-refractivity contribution >= 4 is 41.7 Å². The van der Waals surface area contributed by atoms with E-state index in [2.05, 4.69) is 4.98 Å². The Hall–Kier alpha value is -1.36. The largest absolute Gasteiger partial charge is 0.480 e. The van der Waals surface area contributed by atoms with Gasteiger partial charge in [0.2, 0.25) is 0 Å². The van der Waals surface area contributed by atoms with Gasteiger partial charge in [0.15, 0.2) is 0 Å². The van der Waals surface area contributed by atoms with Gasteiger partial charge < -0.3 is 10.8 Å². The van der Waals surface area contributed by atoms with Crippen LogP contribution in [0.25, 0.3) is 10.9 Å². The van der Waals surface area contributed by atoms with E-state index in [-0.39, 0.29) is 24.8 Å². The van der Waals surface area contributed by atoms with E-state index in [9.17, 15) is 4.79 Å². The summed E-state index contributed by atoms with van der Waals surface area (Å²) in [5.74, 6) is -0.955. The van der Waals surface area contributed by atoms with E-state index in [4.69, 9.17) is 10.8 Å². The summed E-state index contributed by atoms with van der Waals surface area (Å²) in [6.45, 7) is 0. The molecule has 0 fully saturated rings. The topological polar surface area (TPSA) is 76.2 Å². The number of fused-ring (bicyclic) bond motifs is 1. The predicted octanol–water partition coefficient (Wildman–Crippen LogP) is 2.42. The predicted molar refractivity (Wildman–Crippen MR) is 80.2 cm³/mol. The van der Waals surface area contributed by atoms with Crippen molar-refractivity contribution in [3.63, 3.8) is 0 Å². The normalized spacial score (nSPS) is 11.2. The second-order valence-electron chi connectivity index (χ2n) is 3.97. The minimum absolute atomic E-state index is 0. The van der Waals surface area contributed by atoms with Crippen LogP contribution >= 0.6 is 24.8 Å². The number of nitrogens with zero attached hydrogens (tertiary/aromatic N) is 1. The van der Waals surface area contributed by atoms with Crippen LogP contribution in [0, 0.1) is 0 Å². The van der Waals surface area contributed by atoms with Gasteiger partial charge in [0.05, 0.1) is 5.52 Å². The number of hydrogen-bond acceptors (Lipinski definition) is 3. The summed E-state index contributed by atoms with van der Waals surface area (Å²) >= 11 is 0. The molecule has 0 amide bonds. The van der Waals surface area contributed by atoms with E-state index >= 15 is 0 Å². The van der Waals surface area contributed by atoms with Gasteiger partial charge in [-0.15, -0.1) is 24.8 Å². The molecular weight excluding hydrogens is 287 g/mol. The third kappa shape index (κ3) is 4.35. The quantitative estimate of drug-likeness (QED) is 0.909. The van der Waals surface area contributed by atoms with Gasteiger partial charge in [0.25, 0.3) is 0 Å². The molecule has 0 aliphatic rings. The molecule has 6 heteroatoms. The van der Waals surface area contributed by atoms with Crippen LogP contribution in [0.15, 0.2) is 36.5 Å². The van der Waals surface area contributed by atoms with Gasteiger partial charge in [0.1, 0.15) is 6.04 Å². The summed E-state index contributed by atoms with van der Waals surface area (Å²) in [4.78, 5) is 14.9. The molecule has 0 saturated heterocycles. The summed E-state index contributed by atoms with van der Waals surface area (Å²) < 4.78 is 0. The number of benzene rings is 1. The molecular formula is C13H16Cl2N2O2. The summed E-state index contributed by atoms with van der Waals surface area (Å²) in [5.41, 5.74) is 7.51. The Morgan fingerprint density at radius 1 is 1.26 bits per heavy atom. The number of aromatic nitrogens is 1. The summed E-state index contributed by atoms with van der Waals surface area (Å²) in [5, 5.41) is 9.80. The fourth-order valence-corrected chi connectivity index (χ4v) is 1.82. The van der Waals surface area contributed by atoms with E-state index in [0.717, 1.165) is 16.5 Å². The Bertz CT molecular complexity index is 544. The molecule has 0 aliphatic heterocycles. The van der Waals surface area contributed by atoms with E-state index in [1.165, 1.54) is 0 Å². The van der Waals surface area contributed by atoms with Gasteiger partial charge in [-0.25, -0.2) is 0 Å². The Morgan fingerprint density at radius 3 is 2.68 bits per heavy atom. The molecule has 2 rings (SSSR count). The van der Waals surface area contributed by atoms with Crippen molar-refractivity contribution in [3.05, 3.63) is 42.1 Å². The van der Waals surface area contributed by atoms with Crippen LogP contribution in [-0.4, -0.2) is 22.1 Å². The number of carboxylic acid groups (broad SMARTS) is 1. The second-order valence-corrected chi connectivity index (χ2v) is 3.97. The number of aryl methyl sites for hydroxylation is 1. The van der Waals surface area contributed by atoms with Gasteiger partial charge >= 0.3 is 5.97 Å². The summed E-state index contributed by atoms with van der Waals surface area (Å²) in [7, 11) is 0. The van der Waals surface area contributed by atoms with Crippen molar-refractivity contribution in [1.29, 1.82) is 0 Å². The van der Waals surface area contributed by atoms with Crippen LogP contribution in [0.5, 0.6) is 0 Å². The van der Waals surface area contributed by atoms with E-state index in [1.807, 2.05) is 30.3 Å². The van der Waals surface area contributed by atoms with Crippen molar-refractivity contribution in [2.24, 2.45) is 5.73 Å². The van der Waals surface area contributed by atoms with Crippen LogP contribution in [0.2, 0.25) is 0 Å². The number of halogens is 2. The highest BCUT2D eigenvalue weighted by molar-refractivity contribution is 5.85. The molecule has 1 atom stereocenters. The number of carbonyl (C=O) groups is 1. The standard InChI is InChI=1S/C13H14N2O2.2ClH/c14-11(13(16)17)7-6-9-3-1-5-12-10(9)4-2-8-15-12;;/h1-5,8,11H,6-7,14H2,(H,16,17);2*1H/t11-;;/m0../s1. The van der Waals surface area contributed by atoms with Gasteiger partial charge in [-0.2, -0.15) is 0 Å². The Morgan fingerprint density at radius 2 is 2.00 bits per heavy atom. The molecule has 19 heavy (non-hydrogen) atoms. The van der Waals surface area contributed by atoms with Crippen molar-refractivity contribution in [1.82, 2.24) is 4.98 Å². The zero-order valence-corrected chi connectivity index (χ0v) is 11.8. The smallest absolute Gasteiger partial charge is 0.320 e. The molecule has 0 saturated carbocycles. The SMILES string of the molecule is Cl.Cl.N[C@@H](CCc1cccc2ncccc12)C(=O)O. The lowest BCUT2D eigenvalue weighted by molar-refractivity contribution is -0.138. The highest BCUT2D eigenvalue weighted by Gasteiger charge is 2.11. The number of aliphatic carboxylic acids is 1. The molecule has 3 N–H and O–H groups in total. The van der Waals surface area contributed by atoms with E-state index in [0.29, 0.717) is 12.8 Å². The summed E-state index contributed by atoms with van der Waals surface area (Å²) in [6, 6.07) is 8.92. The molecule has 0 unspecified atom stereocenters. The lowest BCUT2D eigenvalue weighted by Crippen LogP contribution is -2.30. The minimum Gasteiger partial charge on any atom is -0.480 e. The average Bonchev–Trinajstić information content (AvgIpc) is 2.35. The van der Waals surface area contributed by atoms with Crippen LogP contribution in [0.4, 0.5) is 0 Å². The molecule has 0 spiro atoms. The molecule has 0 aliphatic carbocycles. The molecule has 4 nitrogen and oxygen atoms in total. The van der Waals surface area contributed by atoms with E-state index in [1.54, 1.807) is 6.20 Å². The number of rotatable bonds is 4. The van der Waals surface area contributed by atoms with Crippen molar-refractivity contribution in [2.75, 3.05) is 0 Å². The Labute approximate surface area is 123 Å². The zero-order chi connectivity index (χ0) is 12.3. The molecule has 1 heterocycles. The average molecular weight is 303 g/mol. The van der Waals surface area contributed by atoms with Crippen molar-refractivity contribution in [3.8, 4) is 0 Å². The first-order valence-electron chi connectivity index (χ1n) is 5.49. The van der Waals surface area contributed by atoms with Crippen molar-refractivity contribution in [2.45, 2.75) is 18.9 Å². The van der Waals surface area contributed by atoms with Gasteiger partial charge in [-0.05, 0) is 30.5 Å². The number of hydrogen-bond donors (Lipinski definition) is 2. The van der Waals surface area contributed by atoms with Crippen molar-refractivity contribution < 1.29 is 9.90 Å². The van der Waals surface area contributed by atoms with Crippen LogP contribution in [0.3, 0.4) is 0 Å². The molecule has 104 valence electrons. The third-order valence-corrected chi connectivity index (χ3v) is 2.78. The monoisotopic (exact) mass is 302 g/mol. The lowest BCUT2D eigenvalue weighted by atomic mass is 10.0. The first-order chi connectivity index (χ1) is 8.18. The van der Waals surface area contributed by atoms with Crippen LogP contribution < -0.4 is 5.73 Å². The highest BCUT2D eigenvalue weighted by atomic mass is 35.5. The number of nitrogens with two attached hydrogens (primary N) is 1. The second kappa shape index (κ2) is 7.94. The molecule has 2 aromatic rings. The molecule has 1 aromatic heterocycles. The van der Waals surface area contributed by atoms with Gasteiger partial charge in [-0.1, -0.05) is 18.2 Å². The number of carboxylic acids is 1. The van der Waals surface area contributed by atoms with Crippen LogP contribution in [-0.2, 0) is 11.2 Å². The molecule has 1 aromatic carbocycles. The fraction of sp³-hybridized carbons (Fsp3) is 0.231. The third-order valence-electron chi connectivity index (χ3n) is 2.78. The number of pyridine rings is 1. The lowest BCUT2D eigenvalue weighted by Gasteiger charge is -2.08. The minimum atomic E-state index is -0.955. The first-order valence-corrected chi connectivity index (χ1v) is 5.49. The summed E-state index contributed by atoms with van der Waals surface area (Å²) in [6.07, 6.45) is 2.83. The fourth-order valence-electron chi connectivity index (χ4n) is 1.82.